The second-order valence-corrected chi connectivity index (χ2v) is 12.7. The normalized spacial score (nSPS) is 13.3. The fourth-order valence-corrected chi connectivity index (χ4v) is 5.88. The van der Waals surface area contributed by atoms with Crippen molar-refractivity contribution in [3.63, 3.8) is 0 Å². The number of rotatable bonds is 12. The third kappa shape index (κ3) is 7.73. The molecule has 0 fully saturated rings. The molecule has 0 saturated carbocycles. The number of benzene rings is 3. The summed E-state index contributed by atoms with van der Waals surface area (Å²) in [6, 6.07) is 18.6. The predicted molar refractivity (Wildman–Crippen MR) is 185 cm³/mol. The smallest absolute Gasteiger partial charge is 0.350 e. The van der Waals surface area contributed by atoms with E-state index < -0.39 is 41.0 Å². The number of tetrazole rings is 1. The summed E-state index contributed by atoms with van der Waals surface area (Å²) in [5, 5.41) is 25.9. The van der Waals surface area contributed by atoms with Crippen LogP contribution >= 0.6 is 0 Å². The molecular weight excluding hydrogens is 692 g/mol. The molecule has 15 heteroatoms. The molecule has 3 heterocycles. The monoisotopic (exact) mass is 726 g/mol. The van der Waals surface area contributed by atoms with Crippen LogP contribution in [-0.4, -0.2) is 44.6 Å². The van der Waals surface area contributed by atoms with Crippen LogP contribution in [-0.2, 0) is 24.7 Å². The SMILES string of the molecule is CC[C@@H](C(C)C)n1ncn(-c2ccc(COc3ccc(C#Cc4ccc(C(F)(F)C(O)(Cn5cnnn5)c5ccc(F)cc5F)nc4)cc3)cc2)c1=O. The highest BCUT2D eigenvalue weighted by Crippen LogP contribution is 2.46. The van der Waals surface area contributed by atoms with Crippen LogP contribution in [0.25, 0.3) is 5.69 Å². The number of aliphatic hydroxyl groups is 1. The number of aromatic nitrogens is 8. The molecule has 1 N–H and O–H groups in total. The van der Waals surface area contributed by atoms with E-state index in [1.54, 1.807) is 24.3 Å². The van der Waals surface area contributed by atoms with Gasteiger partial charge in [-0.15, -0.1) is 5.10 Å². The van der Waals surface area contributed by atoms with Crippen LogP contribution in [0.1, 0.15) is 61.2 Å². The lowest BCUT2D eigenvalue weighted by atomic mass is 9.84. The molecule has 3 aromatic carbocycles. The molecule has 53 heavy (non-hydrogen) atoms. The van der Waals surface area contributed by atoms with E-state index in [1.807, 2.05) is 31.2 Å². The third-order valence-electron chi connectivity index (χ3n) is 8.78. The fourth-order valence-electron chi connectivity index (χ4n) is 5.88. The maximum Gasteiger partial charge on any atom is 0.350 e. The number of halogens is 4. The molecule has 0 saturated heterocycles. The van der Waals surface area contributed by atoms with Crippen molar-refractivity contribution in [1.29, 1.82) is 0 Å². The van der Waals surface area contributed by atoms with Gasteiger partial charge in [0.15, 0.2) is 5.60 Å². The van der Waals surface area contributed by atoms with Gasteiger partial charge in [-0.3, -0.25) is 4.98 Å². The lowest BCUT2D eigenvalue weighted by Gasteiger charge is -2.35. The zero-order valence-corrected chi connectivity index (χ0v) is 28.9. The van der Waals surface area contributed by atoms with Crippen molar-refractivity contribution in [3.8, 4) is 23.3 Å². The Morgan fingerprint density at radius 1 is 0.925 bits per heavy atom. The molecule has 0 radical (unpaired) electrons. The summed E-state index contributed by atoms with van der Waals surface area (Å²) in [6.07, 6.45) is 4.42. The molecular formula is C38H34F4N8O3. The summed E-state index contributed by atoms with van der Waals surface area (Å²) in [6.45, 7) is 5.50. The van der Waals surface area contributed by atoms with Crippen LogP contribution in [0.2, 0.25) is 0 Å². The van der Waals surface area contributed by atoms with Crippen molar-refractivity contribution in [2.24, 2.45) is 5.92 Å². The molecule has 1 unspecified atom stereocenters. The summed E-state index contributed by atoms with van der Waals surface area (Å²) in [5.74, 6) is 0.0981. The van der Waals surface area contributed by atoms with Gasteiger partial charge < -0.3 is 9.84 Å². The zero-order valence-electron chi connectivity index (χ0n) is 28.9. The van der Waals surface area contributed by atoms with Crippen molar-refractivity contribution in [3.05, 3.63) is 148 Å². The summed E-state index contributed by atoms with van der Waals surface area (Å²) in [4.78, 5) is 16.8. The van der Waals surface area contributed by atoms with E-state index in [4.69, 9.17) is 4.74 Å². The van der Waals surface area contributed by atoms with Crippen LogP contribution in [0.4, 0.5) is 17.6 Å². The largest absolute Gasteiger partial charge is 0.489 e. The molecule has 0 aliphatic heterocycles. The van der Waals surface area contributed by atoms with Gasteiger partial charge in [0.25, 0.3) is 0 Å². The molecule has 0 amide bonds. The van der Waals surface area contributed by atoms with E-state index in [9.17, 15) is 18.7 Å². The van der Waals surface area contributed by atoms with E-state index in [0.29, 0.717) is 28.6 Å². The quantitative estimate of drug-likeness (QED) is 0.121. The van der Waals surface area contributed by atoms with Crippen molar-refractivity contribution < 1.29 is 27.4 Å². The van der Waals surface area contributed by atoms with Gasteiger partial charge >= 0.3 is 11.6 Å². The molecule has 0 bridgehead atoms. The highest BCUT2D eigenvalue weighted by Gasteiger charge is 2.58. The Labute approximate surface area is 301 Å². The topological polar surface area (TPSA) is 126 Å². The lowest BCUT2D eigenvalue weighted by Crippen LogP contribution is -2.48. The van der Waals surface area contributed by atoms with Gasteiger partial charge in [0.1, 0.15) is 42.3 Å². The lowest BCUT2D eigenvalue weighted by molar-refractivity contribution is -0.207. The van der Waals surface area contributed by atoms with E-state index in [1.165, 1.54) is 21.6 Å². The maximum atomic E-state index is 16.0. The second-order valence-electron chi connectivity index (χ2n) is 12.7. The minimum Gasteiger partial charge on any atom is -0.489 e. The van der Waals surface area contributed by atoms with E-state index in [2.05, 4.69) is 51.3 Å². The molecule has 2 atom stereocenters. The van der Waals surface area contributed by atoms with Crippen molar-refractivity contribution in [2.45, 2.75) is 57.9 Å². The molecule has 11 nitrogen and oxygen atoms in total. The van der Waals surface area contributed by atoms with Crippen LogP contribution in [0, 0.1) is 29.4 Å². The van der Waals surface area contributed by atoms with Gasteiger partial charge in [-0.05, 0) is 89.0 Å². The highest BCUT2D eigenvalue weighted by atomic mass is 19.3. The Kier molecular flexibility index (Phi) is 10.5. The predicted octanol–water partition coefficient (Wildman–Crippen LogP) is 5.96. The van der Waals surface area contributed by atoms with Crippen LogP contribution in [0.5, 0.6) is 5.75 Å². The Balaban J connectivity index is 1.10. The summed E-state index contributed by atoms with van der Waals surface area (Å²) >= 11 is 0. The first-order valence-electron chi connectivity index (χ1n) is 16.6. The fraction of sp³-hybridized carbons (Fsp3) is 0.263. The van der Waals surface area contributed by atoms with Crippen LogP contribution in [0.3, 0.4) is 0 Å². The van der Waals surface area contributed by atoms with Gasteiger partial charge in [0.2, 0.25) is 0 Å². The number of hydrogen-bond acceptors (Lipinski definition) is 8. The number of hydrogen-bond donors (Lipinski definition) is 1. The van der Waals surface area contributed by atoms with Crippen LogP contribution in [0.15, 0.2) is 103 Å². The Morgan fingerprint density at radius 3 is 2.26 bits per heavy atom. The average Bonchev–Trinajstić information content (AvgIpc) is 3.80. The Bertz CT molecular complexity index is 2280. The van der Waals surface area contributed by atoms with E-state index in [0.717, 1.165) is 47.4 Å². The van der Waals surface area contributed by atoms with E-state index >= 15 is 8.78 Å². The van der Waals surface area contributed by atoms with Crippen molar-refractivity contribution in [2.75, 3.05) is 0 Å². The standard InChI is InChI=1S/C38H34F4N8O3/c1-4-34(25(2)3)50-36(51)49(24-45-50)30-13-7-28(8-14-30)21-53-31-15-9-26(10-16-31)5-6-27-11-18-35(43-20-27)38(41,42)37(52,22-48-23-44-46-47-48)32-17-12-29(39)19-33(32)40/h7-20,23-25,34,52H,4,21-22H2,1-3H3/t34-,37?/m0/s1. The Hall–Kier alpha value is -6.14. The number of nitrogens with zero attached hydrogens (tertiary/aromatic N) is 8. The minimum absolute atomic E-state index is 0.0217. The highest BCUT2D eigenvalue weighted by molar-refractivity contribution is 5.44. The molecule has 0 spiro atoms. The average molecular weight is 727 g/mol. The van der Waals surface area contributed by atoms with Gasteiger partial charge in [0, 0.05) is 29.0 Å². The Morgan fingerprint density at radius 2 is 1.64 bits per heavy atom. The number of pyridine rings is 1. The summed E-state index contributed by atoms with van der Waals surface area (Å²) in [5.41, 5.74) is -2.66. The zero-order chi connectivity index (χ0) is 37.8. The molecule has 0 aliphatic carbocycles. The van der Waals surface area contributed by atoms with Crippen molar-refractivity contribution >= 4 is 0 Å². The molecule has 6 aromatic rings. The first kappa shape index (κ1) is 36.6. The second kappa shape index (κ2) is 15.2. The minimum atomic E-state index is -4.18. The van der Waals surface area contributed by atoms with Crippen molar-refractivity contribution in [1.82, 2.24) is 39.5 Å². The molecule has 0 aliphatic rings. The first-order chi connectivity index (χ1) is 25.4. The summed E-state index contributed by atoms with van der Waals surface area (Å²) in [7, 11) is 0. The molecule has 6 rings (SSSR count). The number of alkyl halides is 2. The van der Waals surface area contributed by atoms with Gasteiger partial charge in [-0.25, -0.2) is 27.5 Å². The summed E-state index contributed by atoms with van der Waals surface area (Å²) < 4.78 is 70.1. The maximum absolute atomic E-state index is 16.0. The van der Waals surface area contributed by atoms with Crippen LogP contribution < -0.4 is 10.4 Å². The third-order valence-corrected chi connectivity index (χ3v) is 8.78. The molecule has 272 valence electrons. The van der Waals surface area contributed by atoms with Gasteiger partial charge in [-0.2, -0.15) is 13.9 Å². The first-order valence-corrected chi connectivity index (χ1v) is 16.6. The van der Waals surface area contributed by atoms with E-state index in [-0.39, 0.29) is 24.3 Å². The van der Waals surface area contributed by atoms with Gasteiger partial charge in [0.05, 0.1) is 18.3 Å². The molecule has 3 aromatic heterocycles. The van der Waals surface area contributed by atoms with Gasteiger partial charge in [-0.1, -0.05) is 44.7 Å². The number of ether oxygens (including phenoxy) is 1.